The van der Waals surface area contributed by atoms with Gasteiger partial charge >= 0.3 is 0 Å². The molecule has 0 aliphatic heterocycles. The first-order valence-corrected chi connectivity index (χ1v) is 7.37. The second kappa shape index (κ2) is 7.80. The van der Waals surface area contributed by atoms with Gasteiger partial charge in [-0.2, -0.15) is 0 Å². The molecule has 2 atom stereocenters. The molecule has 98 valence electrons. The fourth-order valence-corrected chi connectivity index (χ4v) is 2.54. The molecule has 1 aromatic heterocycles. The monoisotopic (exact) mass is 255 g/mol. The zero-order valence-corrected chi connectivity index (χ0v) is 12.0. The average Bonchev–Trinajstić information content (AvgIpc) is 2.82. The van der Waals surface area contributed by atoms with Gasteiger partial charge in [-0.3, -0.25) is 0 Å². The van der Waals surface area contributed by atoms with Crippen molar-refractivity contribution < 1.29 is 0 Å². The fraction of sp³-hybridized carbons (Fsp3) is 0.769. The van der Waals surface area contributed by atoms with Crippen LogP contribution in [0.4, 0.5) is 0 Å². The van der Waals surface area contributed by atoms with E-state index in [1.807, 2.05) is 17.5 Å². The Morgan fingerprint density at radius 1 is 1.47 bits per heavy atom. The van der Waals surface area contributed by atoms with Crippen LogP contribution >= 0.6 is 11.3 Å². The van der Waals surface area contributed by atoms with Crippen LogP contribution in [-0.2, 0) is 6.42 Å². The highest BCUT2D eigenvalue weighted by atomic mass is 32.1. The van der Waals surface area contributed by atoms with Crippen molar-refractivity contribution in [3.05, 3.63) is 16.1 Å². The zero-order chi connectivity index (χ0) is 12.7. The van der Waals surface area contributed by atoms with Crippen LogP contribution in [0.15, 0.2) is 6.20 Å². The van der Waals surface area contributed by atoms with Gasteiger partial charge in [-0.25, -0.2) is 4.98 Å². The van der Waals surface area contributed by atoms with Gasteiger partial charge in [-0.05, 0) is 45.2 Å². The summed E-state index contributed by atoms with van der Waals surface area (Å²) < 4.78 is 0. The first kappa shape index (κ1) is 14.6. The molecule has 1 aromatic rings. The number of nitrogens with two attached hydrogens (primary N) is 1. The second-order valence-electron chi connectivity index (χ2n) is 4.68. The van der Waals surface area contributed by atoms with Crippen molar-refractivity contribution in [1.82, 2.24) is 10.3 Å². The molecule has 0 radical (unpaired) electrons. The van der Waals surface area contributed by atoms with E-state index in [0.29, 0.717) is 12.0 Å². The smallest absolute Gasteiger partial charge is 0.109 e. The molecule has 0 fully saturated rings. The van der Waals surface area contributed by atoms with Gasteiger partial charge in [0, 0.05) is 11.1 Å². The molecule has 3 N–H and O–H groups in total. The first-order valence-electron chi connectivity index (χ1n) is 6.55. The number of nitrogens with zero attached hydrogens (tertiary/aromatic N) is 1. The molecule has 0 aromatic carbocycles. The number of aromatic nitrogens is 1. The van der Waals surface area contributed by atoms with E-state index in [-0.39, 0.29) is 0 Å². The van der Waals surface area contributed by atoms with E-state index < -0.39 is 0 Å². The largest absolute Gasteiger partial charge is 0.330 e. The standard InChI is InChI=1S/C13H25N3S/c1-4-12-9-16-13(17-12)11(3)15-7-5-6-10(2)8-14/h9-11,15H,4-8,14H2,1-3H3. The zero-order valence-electron chi connectivity index (χ0n) is 11.2. The van der Waals surface area contributed by atoms with E-state index in [9.17, 15) is 0 Å². The molecule has 0 saturated carbocycles. The number of nitrogens with one attached hydrogen (secondary N) is 1. The molecule has 0 saturated heterocycles. The normalized spacial score (nSPS) is 14.8. The third-order valence-electron chi connectivity index (χ3n) is 3.02. The third kappa shape index (κ3) is 5.15. The Balaban J connectivity index is 2.22. The molecule has 0 spiro atoms. The highest BCUT2D eigenvalue weighted by molar-refractivity contribution is 7.11. The average molecular weight is 255 g/mol. The summed E-state index contributed by atoms with van der Waals surface area (Å²) in [6.45, 7) is 8.40. The first-order chi connectivity index (χ1) is 8.17. The van der Waals surface area contributed by atoms with Gasteiger partial charge in [-0.15, -0.1) is 11.3 Å². The van der Waals surface area contributed by atoms with Gasteiger partial charge in [0.05, 0.1) is 6.04 Å². The summed E-state index contributed by atoms with van der Waals surface area (Å²) in [7, 11) is 0. The molecule has 0 bridgehead atoms. The lowest BCUT2D eigenvalue weighted by atomic mass is 10.1. The van der Waals surface area contributed by atoms with E-state index in [1.54, 1.807) is 0 Å². The van der Waals surface area contributed by atoms with Crippen LogP contribution in [0.3, 0.4) is 0 Å². The molecular formula is C13H25N3S. The topological polar surface area (TPSA) is 50.9 Å². The lowest BCUT2D eigenvalue weighted by Crippen LogP contribution is -2.21. The molecule has 0 amide bonds. The molecule has 0 aliphatic rings. The van der Waals surface area contributed by atoms with Crippen molar-refractivity contribution in [2.24, 2.45) is 11.7 Å². The summed E-state index contributed by atoms with van der Waals surface area (Å²) >= 11 is 1.82. The summed E-state index contributed by atoms with van der Waals surface area (Å²) in [6, 6.07) is 0.369. The van der Waals surface area contributed by atoms with Crippen molar-refractivity contribution >= 4 is 11.3 Å². The van der Waals surface area contributed by atoms with Gasteiger partial charge in [-0.1, -0.05) is 13.8 Å². The molecule has 3 nitrogen and oxygen atoms in total. The van der Waals surface area contributed by atoms with Crippen molar-refractivity contribution in [2.75, 3.05) is 13.1 Å². The number of aryl methyl sites for hydroxylation is 1. The van der Waals surface area contributed by atoms with Gasteiger partial charge < -0.3 is 11.1 Å². The molecule has 1 rings (SSSR count). The summed E-state index contributed by atoms with van der Waals surface area (Å²) in [5.41, 5.74) is 5.59. The summed E-state index contributed by atoms with van der Waals surface area (Å²) in [5, 5.41) is 4.73. The predicted octanol–water partition coefficient (Wildman–Crippen LogP) is 2.73. The summed E-state index contributed by atoms with van der Waals surface area (Å²) in [4.78, 5) is 5.82. The van der Waals surface area contributed by atoms with Crippen LogP contribution < -0.4 is 11.1 Å². The van der Waals surface area contributed by atoms with Gasteiger partial charge in [0.2, 0.25) is 0 Å². The quantitative estimate of drug-likeness (QED) is 0.702. The van der Waals surface area contributed by atoms with Crippen molar-refractivity contribution in [1.29, 1.82) is 0 Å². The van der Waals surface area contributed by atoms with E-state index in [1.165, 1.54) is 22.7 Å². The number of hydrogen-bond acceptors (Lipinski definition) is 4. The predicted molar refractivity (Wildman–Crippen MR) is 75.4 cm³/mol. The number of thiazole rings is 1. The molecule has 17 heavy (non-hydrogen) atoms. The van der Waals surface area contributed by atoms with Crippen LogP contribution in [0.2, 0.25) is 0 Å². The Bertz CT molecular complexity index is 311. The Kier molecular flexibility index (Phi) is 6.70. The van der Waals surface area contributed by atoms with Crippen molar-refractivity contribution in [3.63, 3.8) is 0 Å². The molecule has 4 heteroatoms. The van der Waals surface area contributed by atoms with E-state index >= 15 is 0 Å². The lowest BCUT2D eigenvalue weighted by molar-refractivity contribution is 0.479. The van der Waals surface area contributed by atoms with Crippen LogP contribution in [0.5, 0.6) is 0 Å². The van der Waals surface area contributed by atoms with Crippen LogP contribution in [0.25, 0.3) is 0 Å². The molecular weight excluding hydrogens is 230 g/mol. The highest BCUT2D eigenvalue weighted by Crippen LogP contribution is 2.20. The lowest BCUT2D eigenvalue weighted by Gasteiger charge is -2.12. The fourth-order valence-electron chi connectivity index (χ4n) is 1.66. The Morgan fingerprint density at radius 2 is 2.24 bits per heavy atom. The number of rotatable bonds is 8. The van der Waals surface area contributed by atoms with E-state index in [0.717, 1.165) is 19.5 Å². The molecule has 2 unspecified atom stereocenters. The molecule has 0 aliphatic carbocycles. The SMILES string of the molecule is CCc1cnc(C(C)NCCCC(C)CN)s1. The van der Waals surface area contributed by atoms with Crippen LogP contribution in [0, 0.1) is 5.92 Å². The second-order valence-corrected chi connectivity index (χ2v) is 5.82. The van der Waals surface area contributed by atoms with E-state index in [2.05, 4.69) is 31.1 Å². The van der Waals surface area contributed by atoms with Gasteiger partial charge in [0.1, 0.15) is 5.01 Å². The minimum atomic E-state index is 0.369. The van der Waals surface area contributed by atoms with Crippen molar-refractivity contribution in [2.45, 2.75) is 46.1 Å². The van der Waals surface area contributed by atoms with E-state index in [4.69, 9.17) is 5.73 Å². The summed E-state index contributed by atoms with van der Waals surface area (Å²) in [5.74, 6) is 0.638. The minimum Gasteiger partial charge on any atom is -0.330 e. The van der Waals surface area contributed by atoms with Gasteiger partial charge in [0.15, 0.2) is 0 Å². The Morgan fingerprint density at radius 3 is 2.82 bits per heavy atom. The maximum atomic E-state index is 5.59. The van der Waals surface area contributed by atoms with Crippen molar-refractivity contribution in [3.8, 4) is 0 Å². The third-order valence-corrected chi connectivity index (χ3v) is 4.34. The highest BCUT2D eigenvalue weighted by Gasteiger charge is 2.09. The molecule has 1 heterocycles. The maximum absolute atomic E-state index is 5.59. The number of hydrogen-bond donors (Lipinski definition) is 2. The maximum Gasteiger partial charge on any atom is 0.109 e. The summed E-state index contributed by atoms with van der Waals surface area (Å²) in [6.07, 6.45) is 5.47. The Labute approximate surface area is 109 Å². The van der Waals surface area contributed by atoms with Crippen LogP contribution in [0.1, 0.15) is 49.5 Å². The van der Waals surface area contributed by atoms with Gasteiger partial charge in [0.25, 0.3) is 0 Å². The Hall–Kier alpha value is -0.450. The minimum absolute atomic E-state index is 0.369. The van der Waals surface area contributed by atoms with Crippen LogP contribution in [-0.4, -0.2) is 18.1 Å².